The highest BCUT2D eigenvalue weighted by Gasteiger charge is 2.09. The van der Waals surface area contributed by atoms with E-state index < -0.39 is 0 Å². The Kier molecular flexibility index (Phi) is 5.67. The van der Waals surface area contributed by atoms with E-state index in [1.165, 1.54) is 7.11 Å². The van der Waals surface area contributed by atoms with Crippen LogP contribution in [0.1, 0.15) is 17.3 Å². The molecule has 0 spiro atoms. The summed E-state index contributed by atoms with van der Waals surface area (Å²) in [7, 11) is 1.54. The van der Waals surface area contributed by atoms with Crippen LogP contribution in [0.25, 0.3) is 0 Å². The maximum atomic E-state index is 12.2. The summed E-state index contributed by atoms with van der Waals surface area (Å²) in [4.78, 5) is 12.2. The first-order valence-electron chi connectivity index (χ1n) is 6.97. The Morgan fingerprint density at radius 1 is 1.18 bits per heavy atom. The number of methoxy groups -OCH3 is 1. The van der Waals surface area contributed by atoms with E-state index in [4.69, 9.17) is 21.1 Å². The van der Waals surface area contributed by atoms with Crippen LogP contribution in [-0.4, -0.2) is 26.0 Å². The summed E-state index contributed by atoms with van der Waals surface area (Å²) in [5, 5.41) is 3.51. The molecule has 0 saturated heterocycles. The first-order chi connectivity index (χ1) is 10.6. The van der Waals surface area contributed by atoms with Gasteiger partial charge in [-0.2, -0.15) is 0 Å². The number of hydrogen-bond acceptors (Lipinski definition) is 4. The van der Waals surface area contributed by atoms with Crippen LogP contribution >= 0.6 is 11.6 Å². The number of Topliss-reactive ketones (excluding diaryl/α,β-unsaturated/α-hetero) is 1. The Bertz CT molecular complexity index is 641. The second-order valence-electron chi connectivity index (χ2n) is 4.58. The van der Waals surface area contributed by atoms with Crippen LogP contribution in [-0.2, 0) is 0 Å². The molecule has 22 heavy (non-hydrogen) atoms. The monoisotopic (exact) mass is 319 g/mol. The lowest BCUT2D eigenvalue weighted by atomic mass is 10.1. The number of ketones is 1. The third-order valence-corrected chi connectivity index (χ3v) is 3.39. The van der Waals surface area contributed by atoms with Crippen molar-refractivity contribution >= 4 is 23.1 Å². The molecule has 0 unspecified atom stereocenters. The van der Waals surface area contributed by atoms with Gasteiger partial charge in [0.1, 0.15) is 11.5 Å². The summed E-state index contributed by atoms with van der Waals surface area (Å²) >= 11 is 6.03. The summed E-state index contributed by atoms with van der Waals surface area (Å²) in [5.74, 6) is 1.32. The molecule has 116 valence electrons. The van der Waals surface area contributed by atoms with Crippen LogP contribution in [0.2, 0.25) is 5.02 Å². The Labute approximate surface area is 135 Å². The quantitative estimate of drug-likeness (QED) is 0.782. The van der Waals surface area contributed by atoms with Crippen LogP contribution in [0.4, 0.5) is 5.69 Å². The van der Waals surface area contributed by atoms with Crippen molar-refractivity contribution in [2.75, 3.05) is 25.6 Å². The molecule has 0 saturated carbocycles. The molecule has 0 aliphatic carbocycles. The number of benzene rings is 2. The van der Waals surface area contributed by atoms with Gasteiger partial charge in [0, 0.05) is 11.3 Å². The van der Waals surface area contributed by atoms with Crippen molar-refractivity contribution in [2.24, 2.45) is 0 Å². The topological polar surface area (TPSA) is 47.6 Å². The average molecular weight is 320 g/mol. The molecule has 0 heterocycles. The minimum absolute atomic E-state index is 0.0431. The first kappa shape index (κ1) is 16.2. The molecular weight excluding hydrogens is 302 g/mol. The standard InChI is InChI=1S/C17H18ClNO3/c1-3-22-14-7-5-13(6-8-14)19-11-16(20)12-4-9-17(21-2)15(18)10-12/h4-10,19H,3,11H2,1-2H3. The largest absolute Gasteiger partial charge is 0.495 e. The van der Waals surface area contributed by atoms with Gasteiger partial charge in [-0.3, -0.25) is 4.79 Å². The second kappa shape index (κ2) is 7.71. The van der Waals surface area contributed by atoms with Crippen molar-refractivity contribution in [2.45, 2.75) is 6.92 Å². The van der Waals surface area contributed by atoms with Crippen molar-refractivity contribution in [1.29, 1.82) is 0 Å². The van der Waals surface area contributed by atoms with Gasteiger partial charge in [0.2, 0.25) is 0 Å². The maximum Gasteiger partial charge on any atom is 0.181 e. The highest BCUT2D eigenvalue weighted by molar-refractivity contribution is 6.32. The van der Waals surface area contributed by atoms with Crippen LogP contribution in [0.5, 0.6) is 11.5 Å². The number of ether oxygens (including phenoxy) is 2. The zero-order chi connectivity index (χ0) is 15.9. The molecule has 0 aromatic heterocycles. The molecule has 4 nitrogen and oxygen atoms in total. The third kappa shape index (κ3) is 4.15. The summed E-state index contributed by atoms with van der Waals surface area (Å²) in [6.45, 7) is 2.75. The van der Waals surface area contributed by atoms with Crippen molar-refractivity contribution in [3.05, 3.63) is 53.1 Å². The Morgan fingerprint density at radius 3 is 2.50 bits per heavy atom. The zero-order valence-corrected chi connectivity index (χ0v) is 13.3. The van der Waals surface area contributed by atoms with Crippen molar-refractivity contribution in [3.63, 3.8) is 0 Å². The first-order valence-corrected chi connectivity index (χ1v) is 7.35. The van der Waals surface area contributed by atoms with E-state index in [9.17, 15) is 4.79 Å². The molecule has 0 atom stereocenters. The van der Waals surface area contributed by atoms with Gasteiger partial charge in [0.25, 0.3) is 0 Å². The van der Waals surface area contributed by atoms with E-state index in [-0.39, 0.29) is 12.3 Å². The molecule has 0 amide bonds. The zero-order valence-electron chi connectivity index (χ0n) is 12.6. The number of nitrogens with one attached hydrogen (secondary N) is 1. The minimum atomic E-state index is -0.0431. The van der Waals surface area contributed by atoms with Gasteiger partial charge < -0.3 is 14.8 Å². The number of rotatable bonds is 7. The number of halogens is 1. The van der Waals surface area contributed by atoms with E-state index in [0.717, 1.165) is 11.4 Å². The van der Waals surface area contributed by atoms with E-state index in [2.05, 4.69) is 5.32 Å². The summed E-state index contributed by atoms with van der Waals surface area (Å²) < 4.78 is 10.4. The Hall–Kier alpha value is -2.20. The second-order valence-corrected chi connectivity index (χ2v) is 4.99. The van der Waals surface area contributed by atoms with Crippen LogP contribution < -0.4 is 14.8 Å². The molecule has 2 aromatic carbocycles. The predicted molar refractivity (Wildman–Crippen MR) is 88.4 cm³/mol. The van der Waals surface area contributed by atoms with Gasteiger partial charge in [-0.05, 0) is 49.4 Å². The maximum absolute atomic E-state index is 12.2. The van der Waals surface area contributed by atoms with Crippen molar-refractivity contribution in [1.82, 2.24) is 0 Å². The molecule has 2 rings (SSSR count). The Balaban J connectivity index is 1.96. The summed E-state index contributed by atoms with van der Waals surface area (Å²) in [6, 6.07) is 12.5. The molecule has 2 aromatic rings. The van der Waals surface area contributed by atoms with Crippen molar-refractivity contribution in [3.8, 4) is 11.5 Å². The lowest BCUT2D eigenvalue weighted by molar-refractivity contribution is 0.101. The van der Waals surface area contributed by atoms with E-state index >= 15 is 0 Å². The summed E-state index contributed by atoms with van der Waals surface area (Å²) in [5.41, 5.74) is 1.40. The van der Waals surface area contributed by atoms with Gasteiger partial charge in [0.05, 0.1) is 25.3 Å². The Morgan fingerprint density at radius 2 is 1.91 bits per heavy atom. The molecule has 0 fully saturated rings. The fraction of sp³-hybridized carbons (Fsp3) is 0.235. The smallest absolute Gasteiger partial charge is 0.181 e. The molecule has 5 heteroatoms. The van der Waals surface area contributed by atoms with Crippen molar-refractivity contribution < 1.29 is 14.3 Å². The highest BCUT2D eigenvalue weighted by atomic mass is 35.5. The number of carbonyl (C=O) groups excluding carboxylic acids is 1. The SMILES string of the molecule is CCOc1ccc(NCC(=O)c2ccc(OC)c(Cl)c2)cc1. The molecule has 0 aliphatic rings. The lowest BCUT2D eigenvalue weighted by Crippen LogP contribution is -2.14. The van der Waals surface area contributed by atoms with Crippen LogP contribution in [0, 0.1) is 0 Å². The van der Waals surface area contributed by atoms with Gasteiger partial charge in [-0.15, -0.1) is 0 Å². The fourth-order valence-electron chi connectivity index (χ4n) is 1.96. The van der Waals surface area contributed by atoms with E-state index in [0.29, 0.717) is 22.9 Å². The van der Waals surface area contributed by atoms with E-state index in [1.54, 1.807) is 18.2 Å². The average Bonchev–Trinajstić information content (AvgIpc) is 2.54. The normalized spacial score (nSPS) is 10.1. The fourth-order valence-corrected chi connectivity index (χ4v) is 2.22. The number of carbonyl (C=O) groups is 1. The highest BCUT2D eigenvalue weighted by Crippen LogP contribution is 2.25. The third-order valence-electron chi connectivity index (χ3n) is 3.09. The predicted octanol–water partition coefficient (Wildman–Crippen LogP) is 4.04. The van der Waals surface area contributed by atoms with Gasteiger partial charge >= 0.3 is 0 Å². The molecule has 0 radical (unpaired) electrons. The minimum Gasteiger partial charge on any atom is -0.495 e. The number of hydrogen-bond donors (Lipinski definition) is 1. The van der Waals surface area contributed by atoms with Crippen LogP contribution in [0.15, 0.2) is 42.5 Å². The summed E-state index contributed by atoms with van der Waals surface area (Å²) in [6.07, 6.45) is 0. The van der Waals surface area contributed by atoms with Gasteiger partial charge in [-0.1, -0.05) is 11.6 Å². The van der Waals surface area contributed by atoms with Crippen LogP contribution in [0.3, 0.4) is 0 Å². The number of anilines is 1. The molecule has 0 bridgehead atoms. The molecule has 0 aliphatic heterocycles. The van der Waals surface area contributed by atoms with Gasteiger partial charge in [0.15, 0.2) is 5.78 Å². The van der Waals surface area contributed by atoms with E-state index in [1.807, 2.05) is 31.2 Å². The molecular formula is C17H18ClNO3. The lowest BCUT2D eigenvalue weighted by Gasteiger charge is -2.09. The van der Waals surface area contributed by atoms with Gasteiger partial charge in [-0.25, -0.2) is 0 Å². The molecule has 1 N–H and O–H groups in total.